The molecule has 21 heavy (non-hydrogen) atoms. The zero-order valence-electron chi connectivity index (χ0n) is 11.2. The van der Waals surface area contributed by atoms with Gasteiger partial charge in [0.2, 0.25) is 0 Å². The first-order valence-electron chi connectivity index (χ1n) is 6.43. The van der Waals surface area contributed by atoms with Crippen molar-refractivity contribution in [2.24, 2.45) is 0 Å². The fraction of sp³-hybridized carbons (Fsp3) is 0.125. The van der Waals surface area contributed by atoms with E-state index in [0.717, 1.165) is 31.4 Å². The molecule has 1 aromatic heterocycles. The van der Waals surface area contributed by atoms with E-state index in [2.05, 4.69) is 37.2 Å². The Labute approximate surface area is 144 Å². The summed E-state index contributed by atoms with van der Waals surface area (Å²) in [6.45, 7) is 2.05. The van der Waals surface area contributed by atoms with Gasteiger partial charge in [-0.1, -0.05) is 43.5 Å². The number of benzene rings is 2. The SMILES string of the molecule is CC(Nc1cc(Br)ccc1Cl)c1cc2cc(Br)ccc2o1. The van der Waals surface area contributed by atoms with Crippen molar-refractivity contribution < 1.29 is 4.42 Å². The van der Waals surface area contributed by atoms with Crippen LogP contribution in [0.3, 0.4) is 0 Å². The molecule has 3 rings (SSSR count). The van der Waals surface area contributed by atoms with Gasteiger partial charge in [-0.25, -0.2) is 0 Å². The van der Waals surface area contributed by atoms with Crippen molar-refractivity contribution in [3.05, 3.63) is 62.2 Å². The topological polar surface area (TPSA) is 25.2 Å². The number of hydrogen-bond acceptors (Lipinski definition) is 2. The van der Waals surface area contributed by atoms with Gasteiger partial charge in [-0.05, 0) is 49.4 Å². The lowest BCUT2D eigenvalue weighted by atomic mass is 10.2. The lowest BCUT2D eigenvalue weighted by Gasteiger charge is -2.14. The maximum atomic E-state index is 6.21. The molecule has 108 valence electrons. The Balaban J connectivity index is 1.89. The van der Waals surface area contributed by atoms with Gasteiger partial charge in [0.15, 0.2) is 0 Å². The van der Waals surface area contributed by atoms with Crippen LogP contribution < -0.4 is 5.32 Å². The van der Waals surface area contributed by atoms with E-state index in [1.807, 2.05) is 49.4 Å². The van der Waals surface area contributed by atoms with E-state index in [1.165, 1.54) is 0 Å². The molecule has 0 fully saturated rings. The van der Waals surface area contributed by atoms with Gasteiger partial charge in [-0.15, -0.1) is 0 Å². The predicted octanol–water partition coefficient (Wildman–Crippen LogP) is 6.78. The molecule has 0 aliphatic heterocycles. The van der Waals surface area contributed by atoms with Crippen molar-refractivity contribution in [3.8, 4) is 0 Å². The van der Waals surface area contributed by atoms with Gasteiger partial charge in [-0.3, -0.25) is 0 Å². The van der Waals surface area contributed by atoms with Gasteiger partial charge >= 0.3 is 0 Å². The zero-order chi connectivity index (χ0) is 15.0. The van der Waals surface area contributed by atoms with Crippen molar-refractivity contribution in [2.75, 3.05) is 5.32 Å². The lowest BCUT2D eigenvalue weighted by molar-refractivity contribution is 0.526. The first-order chi connectivity index (χ1) is 10.0. The van der Waals surface area contributed by atoms with E-state index in [1.54, 1.807) is 0 Å². The van der Waals surface area contributed by atoms with Crippen LogP contribution in [0.5, 0.6) is 0 Å². The normalized spacial score (nSPS) is 12.6. The second-order valence-corrected chi connectivity index (χ2v) is 7.06. The van der Waals surface area contributed by atoms with Gasteiger partial charge in [-0.2, -0.15) is 0 Å². The molecule has 2 aromatic carbocycles. The Hall–Kier alpha value is -0.970. The largest absolute Gasteiger partial charge is 0.459 e. The predicted molar refractivity (Wildman–Crippen MR) is 95.1 cm³/mol. The number of hydrogen-bond donors (Lipinski definition) is 1. The summed E-state index contributed by atoms with van der Waals surface area (Å²) in [5, 5.41) is 5.14. The van der Waals surface area contributed by atoms with Crippen LogP contribution in [-0.4, -0.2) is 0 Å². The quantitative estimate of drug-likeness (QED) is 0.496. The lowest BCUT2D eigenvalue weighted by Crippen LogP contribution is -2.05. The molecule has 1 atom stereocenters. The van der Waals surface area contributed by atoms with Crippen molar-refractivity contribution in [1.82, 2.24) is 0 Å². The molecule has 3 aromatic rings. The highest BCUT2D eigenvalue weighted by Gasteiger charge is 2.13. The third-order valence-corrected chi connectivity index (χ3v) is 4.54. The minimum Gasteiger partial charge on any atom is -0.459 e. The molecule has 5 heteroatoms. The van der Waals surface area contributed by atoms with Crippen LogP contribution in [0, 0.1) is 0 Å². The maximum Gasteiger partial charge on any atom is 0.134 e. The maximum absolute atomic E-state index is 6.21. The summed E-state index contributed by atoms with van der Waals surface area (Å²) in [6.07, 6.45) is 0. The van der Waals surface area contributed by atoms with E-state index < -0.39 is 0 Å². The van der Waals surface area contributed by atoms with Crippen molar-refractivity contribution in [2.45, 2.75) is 13.0 Å². The molecule has 0 aliphatic carbocycles. The Bertz CT molecular complexity index is 800. The van der Waals surface area contributed by atoms with Crippen molar-refractivity contribution in [1.29, 1.82) is 0 Å². The van der Waals surface area contributed by atoms with Crippen LogP contribution in [0.1, 0.15) is 18.7 Å². The summed E-state index contributed by atoms with van der Waals surface area (Å²) in [5.74, 6) is 0.874. The molecule has 0 bridgehead atoms. The molecule has 0 saturated carbocycles. The minimum atomic E-state index is 0.0166. The molecule has 0 radical (unpaired) electrons. The Morgan fingerprint density at radius 3 is 2.57 bits per heavy atom. The van der Waals surface area contributed by atoms with E-state index >= 15 is 0 Å². The van der Waals surface area contributed by atoms with E-state index in [9.17, 15) is 0 Å². The Morgan fingerprint density at radius 1 is 1.05 bits per heavy atom. The van der Waals surface area contributed by atoms with Crippen LogP contribution in [0.4, 0.5) is 5.69 Å². The first kappa shape index (κ1) is 14.9. The highest BCUT2D eigenvalue weighted by atomic mass is 79.9. The summed E-state index contributed by atoms with van der Waals surface area (Å²) >= 11 is 13.1. The Morgan fingerprint density at radius 2 is 1.76 bits per heavy atom. The fourth-order valence-electron chi connectivity index (χ4n) is 2.16. The number of furan rings is 1. The number of anilines is 1. The van der Waals surface area contributed by atoms with Gasteiger partial charge < -0.3 is 9.73 Å². The molecular formula is C16H12Br2ClNO. The van der Waals surface area contributed by atoms with Crippen LogP contribution in [0.25, 0.3) is 11.0 Å². The third kappa shape index (κ3) is 3.28. The molecule has 0 saturated heterocycles. The standard InChI is InChI=1S/C16H12Br2ClNO/c1-9(20-14-8-12(18)2-4-13(14)19)16-7-10-6-11(17)3-5-15(10)21-16/h2-9,20H,1H3. The smallest absolute Gasteiger partial charge is 0.134 e. The van der Waals surface area contributed by atoms with Crippen LogP contribution in [-0.2, 0) is 0 Å². The van der Waals surface area contributed by atoms with Gasteiger partial charge in [0, 0.05) is 14.3 Å². The highest BCUT2D eigenvalue weighted by Crippen LogP contribution is 2.31. The molecule has 1 heterocycles. The van der Waals surface area contributed by atoms with E-state index in [0.29, 0.717) is 5.02 Å². The molecular weight excluding hydrogens is 417 g/mol. The number of fused-ring (bicyclic) bond motifs is 1. The summed E-state index contributed by atoms with van der Waals surface area (Å²) in [5.41, 5.74) is 1.75. The number of halogens is 3. The average molecular weight is 430 g/mol. The van der Waals surface area contributed by atoms with Crippen LogP contribution >= 0.6 is 43.5 Å². The summed E-state index contributed by atoms with van der Waals surface area (Å²) in [7, 11) is 0. The second kappa shape index (κ2) is 6.03. The highest BCUT2D eigenvalue weighted by molar-refractivity contribution is 9.10. The zero-order valence-corrected chi connectivity index (χ0v) is 15.1. The second-order valence-electron chi connectivity index (χ2n) is 4.82. The molecule has 0 aliphatic rings. The molecule has 1 N–H and O–H groups in total. The molecule has 1 unspecified atom stereocenters. The number of rotatable bonds is 3. The molecule has 0 spiro atoms. The van der Waals surface area contributed by atoms with Crippen LogP contribution in [0.15, 0.2) is 55.8 Å². The van der Waals surface area contributed by atoms with Gasteiger partial charge in [0.25, 0.3) is 0 Å². The monoisotopic (exact) mass is 427 g/mol. The molecule has 0 amide bonds. The van der Waals surface area contributed by atoms with Crippen molar-refractivity contribution >= 4 is 60.1 Å². The Kier molecular flexibility index (Phi) is 4.29. The van der Waals surface area contributed by atoms with Gasteiger partial charge in [0.1, 0.15) is 11.3 Å². The van der Waals surface area contributed by atoms with Crippen molar-refractivity contribution in [3.63, 3.8) is 0 Å². The van der Waals surface area contributed by atoms with Crippen LogP contribution in [0.2, 0.25) is 5.02 Å². The fourth-order valence-corrected chi connectivity index (χ4v) is 3.07. The van der Waals surface area contributed by atoms with E-state index in [-0.39, 0.29) is 6.04 Å². The molecule has 2 nitrogen and oxygen atoms in total. The number of nitrogens with one attached hydrogen (secondary N) is 1. The van der Waals surface area contributed by atoms with E-state index in [4.69, 9.17) is 16.0 Å². The van der Waals surface area contributed by atoms with Gasteiger partial charge in [0.05, 0.1) is 16.8 Å². The minimum absolute atomic E-state index is 0.0166. The first-order valence-corrected chi connectivity index (χ1v) is 8.40. The third-order valence-electron chi connectivity index (χ3n) is 3.22. The summed E-state index contributed by atoms with van der Waals surface area (Å²) < 4.78 is 7.91. The summed E-state index contributed by atoms with van der Waals surface area (Å²) in [4.78, 5) is 0. The summed E-state index contributed by atoms with van der Waals surface area (Å²) in [6, 6.07) is 13.8. The average Bonchev–Trinajstić information content (AvgIpc) is 2.86.